The minimum Gasteiger partial charge on any atom is -0.382 e. The van der Waals surface area contributed by atoms with E-state index in [1.165, 1.54) is 38.5 Å². The second-order valence-corrected chi connectivity index (χ2v) is 6.79. The van der Waals surface area contributed by atoms with Gasteiger partial charge < -0.3 is 4.74 Å². The van der Waals surface area contributed by atoms with Crippen LogP contribution in [0.1, 0.15) is 85.5 Å². The van der Waals surface area contributed by atoms with Crippen molar-refractivity contribution in [1.82, 2.24) is 0 Å². The van der Waals surface area contributed by atoms with E-state index in [0.717, 1.165) is 38.0 Å². The fourth-order valence-electron chi connectivity index (χ4n) is 3.17. The monoisotopic (exact) mass is 334 g/mol. The fraction of sp³-hybridized carbons (Fsp3) is 0.714. The largest absolute Gasteiger partial charge is 0.382 e. The molecule has 0 saturated carbocycles. The molecule has 0 heterocycles. The molecule has 0 aliphatic heterocycles. The topological polar surface area (TPSA) is 43.4 Å². The highest BCUT2D eigenvalue weighted by Crippen LogP contribution is 2.27. The smallest absolute Gasteiger partial charge is 0.185 e. The highest BCUT2D eigenvalue weighted by molar-refractivity contribution is 6.24. The summed E-state index contributed by atoms with van der Waals surface area (Å²) in [6.07, 6.45) is 10.4. The molecule has 0 bridgehead atoms. The molecular weight excluding hydrogens is 300 g/mol. The van der Waals surface area contributed by atoms with E-state index in [1.54, 1.807) is 20.8 Å². The van der Waals surface area contributed by atoms with E-state index in [-0.39, 0.29) is 11.6 Å². The van der Waals surface area contributed by atoms with Gasteiger partial charge in [-0.3, -0.25) is 9.59 Å². The molecule has 0 aromatic rings. The van der Waals surface area contributed by atoms with E-state index in [0.29, 0.717) is 16.7 Å². The third kappa shape index (κ3) is 6.35. The molecule has 1 aliphatic rings. The van der Waals surface area contributed by atoms with Gasteiger partial charge in [0.2, 0.25) is 0 Å². The van der Waals surface area contributed by atoms with Crippen molar-refractivity contribution in [2.75, 3.05) is 13.2 Å². The number of ketones is 2. The van der Waals surface area contributed by atoms with Crippen molar-refractivity contribution in [3.05, 3.63) is 22.3 Å². The molecule has 1 aliphatic carbocycles. The van der Waals surface area contributed by atoms with Crippen molar-refractivity contribution in [2.45, 2.75) is 85.5 Å². The van der Waals surface area contributed by atoms with Crippen molar-refractivity contribution < 1.29 is 14.3 Å². The van der Waals surface area contributed by atoms with E-state index in [9.17, 15) is 9.59 Å². The second-order valence-electron chi connectivity index (χ2n) is 6.79. The van der Waals surface area contributed by atoms with Gasteiger partial charge in [-0.1, -0.05) is 38.5 Å². The highest BCUT2D eigenvalue weighted by Gasteiger charge is 2.26. The average molecular weight is 335 g/mol. The van der Waals surface area contributed by atoms with Crippen molar-refractivity contribution in [3.8, 4) is 0 Å². The summed E-state index contributed by atoms with van der Waals surface area (Å²) in [6.45, 7) is 9.07. The van der Waals surface area contributed by atoms with Gasteiger partial charge in [0.15, 0.2) is 11.6 Å². The summed E-state index contributed by atoms with van der Waals surface area (Å²) >= 11 is 0. The molecular formula is C21H34O3. The minimum absolute atomic E-state index is 0.0501. The molecule has 0 aromatic carbocycles. The second kappa shape index (κ2) is 11.4. The van der Waals surface area contributed by atoms with Gasteiger partial charge in [0.05, 0.1) is 0 Å². The van der Waals surface area contributed by atoms with Crippen molar-refractivity contribution in [2.24, 2.45) is 0 Å². The van der Waals surface area contributed by atoms with Crippen LogP contribution in [-0.4, -0.2) is 24.8 Å². The van der Waals surface area contributed by atoms with Crippen LogP contribution in [0.3, 0.4) is 0 Å². The van der Waals surface area contributed by atoms with Gasteiger partial charge in [-0.15, -0.1) is 0 Å². The summed E-state index contributed by atoms with van der Waals surface area (Å²) in [6, 6.07) is 0. The molecule has 0 aromatic heterocycles. The zero-order chi connectivity index (χ0) is 17.9. The van der Waals surface area contributed by atoms with Gasteiger partial charge in [-0.05, 0) is 47.0 Å². The van der Waals surface area contributed by atoms with Gasteiger partial charge in [0.1, 0.15) is 0 Å². The molecule has 0 unspecified atom stereocenters. The SMILES string of the molecule is CCOCCCCCCCCCCC1=C(C)C(=O)C(C)=C(C)C1=O. The van der Waals surface area contributed by atoms with Crippen LogP contribution >= 0.6 is 0 Å². The lowest BCUT2D eigenvalue weighted by Crippen LogP contribution is -2.20. The maximum Gasteiger partial charge on any atom is 0.185 e. The van der Waals surface area contributed by atoms with E-state index < -0.39 is 0 Å². The number of unbranched alkanes of at least 4 members (excludes halogenated alkanes) is 7. The van der Waals surface area contributed by atoms with Crippen LogP contribution < -0.4 is 0 Å². The van der Waals surface area contributed by atoms with Gasteiger partial charge in [0, 0.05) is 35.5 Å². The number of allylic oxidation sites excluding steroid dienone is 4. The number of hydrogen-bond donors (Lipinski definition) is 0. The van der Waals surface area contributed by atoms with Crippen molar-refractivity contribution in [3.63, 3.8) is 0 Å². The van der Waals surface area contributed by atoms with E-state index in [1.807, 2.05) is 6.92 Å². The maximum atomic E-state index is 12.3. The first-order chi connectivity index (χ1) is 11.5. The molecule has 24 heavy (non-hydrogen) atoms. The van der Waals surface area contributed by atoms with Crippen LogP contribution in [0.2, 0.25) is 0 Å². The van der Waals surface area contributed by atoms with Gasteiger partial charge in [-0.2, -0.15) is 0 Å². The number of rotatable bonds is 12. The predicted molar refractivity (Wildman–Crippen MR) is 99.1 cm³/mol. The van der Waals surface area contributed by atoms with E-state index in [4.69, 9.17) is 4.74 Å². The first-order valence-electron chi connectivity index (χ1n) is 9.55. The van der Waals surface area contributed by atoms with Crippen molar-refractivity contribution >= 4 is 11.6 Å². The van der Waals surface area contributed by atoms with Gasteiger partial charge in [-0.25, -0.2) is 0 Å². The standard InChI is InChI=1S/C21H34O3/c1-5-24-15-13-11-9-7-6-8-10-12-14-19-18(4)20(22)16(2)17(3)21(19)23/h5-15H2,1-4H3. The Morgan fingerprint density at radius 3 is 1.75 bits per heavy atom. The molecule has 0 saturated heterocycles. The van der Waals surface area contributed by atoms with Crippen LogP contribution in [0.5, 0.6) is 0 Å². The summed E-state index contributed by atoms with van der Waals surface area (Å²) in [4.78, 5) is 24.4. The minimum atomic E-state index is 0.0501. The highest BCUT2D eigenvalue weighted by atomic mass is 16.5. The molecule has 0 radical (unpaired) electrons. The van der Waals surface area contributed by atoms with E-state index >= 15 is 0 Å². The van der Waals surface area contributed by atoms with Crippen LogP contribution in [0.25, 0.3) is 0 Å². The van der Waals surface area contributed by atoms with Crippen molar-refractivity contribution in [1.29, 1.82) is 0 Å². The van der Waals surface area contributed by atoms with Gasteiger partial charge in [0.25, 0.3) is 0 Å². The van der Waals surface area contributed by atoms with Gasteiger partial charge >= 0.3 is 0 Å². The van der Waals surface area contributed by atoms with Crippen LogP contribution in [-0.2, 0) is 14.3 Å². The number of Topliss-reactive ketones (excluding diaryl/α,β-unsaturated/α-hetero) is 2. The maximum absolute atomic E-state index is 12.3. The molecule has 0 N–H and O–H groups in total. The first-order valence-corrected chi connectivity index (χ1v) is 9.55. The summed E-state index contributed by atoms with van der Waals surface area (Å²) in [7, 11) is 0. The summed E-state index contributed by atoms with van der Waals surface area (Å²) < 4.78 is 5.33. The fourth-order valence-corrected chi connectivity index (χ4v) is 3.17. The average Bonchev–Trinajstić information content (AvgIpc) is 2.58. The molecule has 0 fully saturated rings. The molecule has 0 spiro atoms. The van der Waals surface area contributed by atoms with Crippen LogP contribution in [0, 0.1) is 0 Å². The molecule has 136 valence electrons. The number of carbonyl (C=O) groups excluding carboxylic acids is 2. The summed E-state index contributed by atoms with van der Waals surface area (Å²) in [5.74, 6) is 0.132. The molecule has 0 amide bonds. The lowest BCUT2D eigenvalue weighted by molar-refractivity contribution is -0.116. The summed E-state index contributed by atoms with van der Waals surface area (Å²) in [5.41, 5.74) is 2.66. The Morgan fingerprint density at radius 1 is 0.667 bits per heavy atom. The third-order valence-electron chi connectivity index (χ3n) is 4.98. The number of hydrogen-bond acceptors (Lipinski definition) is 3. The normalized spacial score (nSPS) is 15.7. The quantitative estimate of drug-likeness (QED) is 0.357. The Labute approximate surface area is 147 Å². The van der Waals surface area contributed by atoms with Crippen LogP contribution in [0.15, 0.2) is 22.3 Å². The Morgan fingerprint density at radius 2 is 1.17 bits per heavy atom. The molecule has 3 nitrogen and oxygen atoms in total. The molecule has 1 rings (SSSR count). The Balaban J connectivity index is 2.15. The van der Waals surface area contributed by atoms with E-state index in [2.05, 4.69) is 0 Å². The Kier molecular flexibility index (Phi) is 9.85. The predicted octanol–water partition coefficient (Wildman–Crippen LogP) is 5.34. The van der Waals surface area contributed by atoms with Crippen LogP contribution in [0.4, 0.5) is 0 Å². The number of ether oxygens (including phenoxy) is 1. The number of carbonyl (C=O) groups is 2. The summed E-state index contributed by atoms with van der Waals surface area (Å²) in [5, 5.41) is 0. The first kappa shape index (κ1) is 20.8. The molecule has 3 heteroatoms. The lowest BCUT2D eigenvalue weighted by atomic mass is 9.84. The third-order valence-corrected chi connectivity index (χ3v) is 4.98. The molecule has 0 atom stereocenters. The lowest BCUT2D eigenvalue weighted by Gasteiger charge is -2.18. The zero-order valence-corrected chi connectivity index (χ0v) is 16.0. The Hall–Kier alpha value is -1.22. The Bertz CT molecular complexity index is 497. The zero-order valence-electron chi connectivity index (χ0n) is 16.0.